The molecule has 1 aliphatic heterocycles. The summed E-state index contributed by atoms with van der Waals surface area (Å²) < 4.78 is 11.8. The Labute approximate surface area is 177 Å². The molecule has 0 N–H and O–H groups in total. The zero-order valence-corrected chi connectivity index (χ0v) is 18.4. The number of carbonyl (C=O) groups is 1. The van der Waals surface area contributed by atoms with Crippen molar-refractivity contribution in [2.75, 3.05) is 34.4 Å². The minimum Gasteiger partial charge on any atom is -0.351 e. The summed E-state index contributed by atoms with van der Waals surface area (Å²) in [7, 11) is 5.23. The van der Waals surface area contributed by atoms with Crippen molar-refractivity contribution in [3.05, 3.63) is 33.8 Å². The fraction of sp³-hybridized carbons (Fsp3) is 0.667. The van der Waals surface area contributed by atoms with Crippen molar-refractivity contribution in [3.63, 3.8) is 0 Å². The lowest BCUT2D eigenvalue weighted by atomic mass is 9.82. The summed E-state index contributed by atoms with van der Waals surface area (Å²) in [5.74, 6) is -0.763. The van der Waals surface area contributed by atoms with E-state index in [1.165, 1.54) is 12.8 Å². The lowest BCUT2D eigenvalue weighted by Gasteiger charge is -2.51. The molecule has 3 rings (SSSR count). The van der Waals surface area contributed by atoms with E-state index in [1.54, 1.807) is 26.4 Å². The summed E-state index contributed by atoms with van der Waals surface area (Å²) in [6, 6.07) is 5.41. The molecule has 1 saturated carbocycles. The molecule has 2 fully saturated rings. The molecule has 0 aromatic heterocycles. The first-order chi connectivity index (χ1) is 13.4. The van der Waals surface area contributed by atoms with Gasteiger partial charge in [-0.1, -0.05) is 29.3 Å². The number of amides is 1. The van der Waals surface area contributed by atoms with Crippen LogP contribution in [0.4, 0.5) is 0 Å². The van der Waals surface area contributed by atoms with E-state index < -0.39 is 5.79 Å². The Balaban J connectivity index is 1.84. The second-order valence-corrected chi connectivity index (χ2v) is 8.61. The standard InChI is InChI=1S/C21H30Cl2N2O3/c1-24(19(26)14-15-8-9-16(22)17(23)13-15)20-18(25-11-4-5-12-25)7-6-10-21(20,27-2)28-3/h8-9,13,18,20H,4-7,10-12,14H2,1-3H3/t18-,20+/m1/s1. The van der Waals surface area contributed by atoms with E-state index in [4.69, 9.17) is 32.7 Å². The maximum absolute atomic E-state index is 13.2. The molecule has 7 heteroatoms. The zero-order valence-electron chi connectivity index (χ0n) is 16.9. The van der Waals surface area contributed by atoms with Gasteiger partial charge in [-0.25, -0.2) is 0 Å². The van der Waals surface area contributed by atoms with Crippen molar-refractivity contribution in [1.82, 2.24) is 9.80 Å². The molecule has 2 atom stereocenters. The zero-order chi connectivity index (χ0) is 20.3. The Morgan fingerprint density at radius 1 is 1.18 bits per heavy atom. The van der Waals surface area contributed by atoms with Crippen LogP contribution in [0.1, 0.15) is 37.7 Å². The third kappa shape index (κ3) is 4.34. The summed E-state index contributed by atoms with van der Waals surface area (Å²) >= 11 is 12.1. The Morgan fingerprint density at radius 3 is 2.46 bits per heavy atom. The fourth-order valence-electron chi connectivity index (χ4n) is 4.80. The fourth-order valence-corrected chi connectivity index (χ4v) is 5.12. The molecule has 5 nitrogen and oxygen atoms in total. The predicted octanol–water partition coefficient (Wildman–Crippen LogP) is 4.00. The highest BCUT2D eigenvalue weighted by Gasteiger charge is 2.51. The number of likely N-dealkylation sites (tertiary alicyclic amines) is 1. The van der Waals surface area contributed by atoms with Crippen LogP contribution in [0.2, 0.25) is 10.0 Å². The summed E-state index contributed by atoms with van der Waals surface area (Å²) in [6.07, 6.45) is 5.52. The van der Waals surface area contributed by atoms with Crippen molar-refractivity contribution >= 4 is 29.1 Å². The lowest BCUT2D eigenvalue weighted by molar-refractivity contribution is -0.265. The van der Waals surface area contributed by atoms with E-state index >= 15 is 0 Å². The quantitative estimate of drug-likeness (QED) is 0.642. The maximum Gasteiger partial charge on any atom is 0.227 e. The molecule has 1 amide bonds. The number of hydrogen-bond acceptors (Lipinski definition) is 4. The van der Waals surface area contributed by atoms with E-state index in [2.05, 4.69) is 4.90 Å². The maximum atomic E-state index is 13.2. The van der Waals surface area contributed by atoms with Gasteiger partial charge in [0.2, 0.25) is 5.91 Å². The third-order valence-corrected chi connectivity index (χ3v) is 7.03. The van der Waals surface area contributed by atoms with Crippen molar-refractivity contribution < 1.29 is 14.3 Å². The van der Waals surface area contributed by atoms with E-state index in [9.17, 15) is 4.79 Å². The minimum atomic E-state index is -0.784. The Bertz CT molecular complexity index is 690. The van der Waals surface area contributed by atoms with Gasteiger partial charge in [-0.2, -0.15) is 0 Å². The first-order valence-electron chi connectivity index (χ1n) is 9.96. The number of methoxy groups -OCH3 is 2. The van der Waals surface area contributed by atoms with E-state index in [1.807, 2.05) is 18.0 Å². The highest BCUT2D eigenvalue weighted by atomic mass is 35.5. The molecule has 1 heterocycles. The number of ether oxygens (including phenoxy) is 2. The molecular weight excluding hydrogens is 399 g/mol. The highest BCUT2D eigenvalue weighted by Crippen LogP contribution is 2.39. The van der Waals surface area contributed by atoms with E-state index in [0.29, 0.717) is 10.0 Å². The molecule has 0 bridgehead atoms. The summed E-state index contributed by atoms with van der Waals surface area (Å²) in [5.41, 5.74) is 0.847. The number of hydrogen-bond donors (Lipinski definition) is 0. The summed E-state index contributed by atoms with van der Waals surface area (Å²) in [4.78, 5) is 17.5. The minimum absolute atomic E-state index is 0.0213. The first kappa shape index (κ1) is 21.8. The number of rotatable bonds is 6. The summed E-state index contributed by atoms with van der Waals surface area (Å²) in [5, 5.41) is 0.954. The second kappa shape index (κ2) is 9.31. The van der Waals surface area contributed by atoms with Crippen LogP contribution in [0, 0.1) is 0 Å². The molecule has 0 unspecified atom stereocenters. The smallest absolute Gasteiger partial charge is 0.227 e. The van der Waals surface area contributed by atoms with Crippen molar-refractivity contribution in [2.45, 2.75) is 56.4 Å². The highest BCUT2D eigenvalue weighted by molar-refractivity contribution is 6.42. The molecule has 28 heavy (non-hydrogen) atoms. The monoisotopic (exact) mass is 428 g/mol. The van der Waals surface area contributed by atoms with Gasteiger partial charge >= 0.3 is 0 Å². The number of halogens is 2. The van der Waals surface area contributed by atoms with Gasteiger partial charge in [0, 0.05) is 33.7 Å². The van der Waals surface area contributed by atoms with Crippen molar-refractivity contribution in [3.8, 4) is 0 Å². The molecular formula is C21H30Cl2N2O3. The van der Waals surface area contributed by atoms with Crippen LogP contribution >= 0.6 is 23.2 Å². The van der Waals surface area contributed by atoms with Gasteiger partial charge < -0.3 is 14.4 Å². The van der Waals surface area contributed by atoms with Gasteiger partial charge in [-0.15, -0.1) is 0 Å². The molecule has 1 aromatic rings. The van der Waals surface area contributed by atoms with E-state index in [-0.39, 0.29) is 24.4 Å². The largest absolute Gasteiger partial charge is 0.351 e. The van der Waals surface area contributed by atoms with Crippen LogP contribution in [0.5, 0.6) is 0 Å². The van der Waals surface area contributed by atoms with Crippen LogP contribution < -0.4 is 0 Å². The number of nitrogens with zero attached hydrogens (tertiary/aromatic N) is 2. The number of benzene rings is 1. The molecule has 1 aliphatic carbocycles. The average Bonchev–Trinajstić information content (AvgIpc) is 3.24. The lowest BCUT2D eigenvalue weighted by Crippen LogP contribution is -2.66. The predicted molar refractivity (Wildman–Crippen MR) is 112 cm³/mol. The van der Waals surface area contributed by atoms with Gasteiger partial charge in [0.1, 0.15) is 6.04 Å². The molecule has 1 saturated heterocycles. The SMILES string of the molecule is COC1(OC)CCC[C@@H](N2CCCC2)[C@@H]1N(C)C(=O)Cc1ccc(Cl)c(Cl)c1. The van der Waals surface area contributed by atoms with Crippen LogP contribution in [-0.2, 0) is 20.7 Å². The normalized spacial score (nSPS) is 25.0. The van der Waals surface area contributed by atoms with Crippen LogP contribution in [0.3, 0.4) is 0 Å². The van der Waals surface area contributed by atoms with Gasteiger partial charge in [0.25, 0.3) is 0 Å². The van der Waals surface area contributed by atoms with Gasteiger partial charge in [-0.3, -0.25) is 9.69 Å². The van der Waals surface area contributed by atoms with Gasteiger partial charge in [0.05, 0.1) is 16.5 Å². The second-order valence-electron chi connectivity index (χ2n) is 7.80. The van der Waals surface area contributed by atoms with Gasteiger partial charge in [0.15, 0.2) is 5.79 Å². The molecule has 0 radical (unpaired) electrons. The number of carbonyl (C=O) groups excluding carboxylic acids is 1. The van der Waals surface area contributed by atoms with Crippen LogP contribution in [0.15, 0.2) is 18.2 Å². The molecule has 1 aromatic carbocycles. The van der Waals surface area contributed by atoms with E-state index in [0.717, 1.165) is 37.9 Å². The molecule has 2 aliphatic rings. The van der Waals surface area contributed by atoms with Crippen LogP contribution in [-0.4, -0.2) is 67.9 Å². The van der Waals surface area contributed by atoms with Crippen LogP contribution in [0.25, 0.3) is 0 Å². The number of likely N-dealkylation sites (N-methyl/N-ethyl adjacent to an activating group) is 1. The first-order valence-corrected chi connectivity index (χ1v) is 10.7. The molecule has 156 valence electrons. The third-order valence-electron chi connectivity index (χ3n) is 6.29. The Kier molecular flexibility index (Phi) is 7.26. The summed E-state index contributed by atoms with van der Waals surface area (Å²) in [6.45, 7) is 2.14. The van der Waals surface area contributed by atoms with Crippen molar-refractivity contribution in [1.29, 1.82) is 0 Å². The topological polar surface area (TPSA) is 42.0 Å². The Hall–Kier alpha value is -0.850. The van der Waals surface area contributed by atoms with Crippen molar-refractivity contribution in [2.24, 2.45) is 0 Å². The Morgan fingerprint density at radius 2 is 1.86 bits per heavy atom. The molecule has 0 spiro atoms. The van der Waals surface area contributed by atoms with Gasteiger partial charge in [-0.05, 0) is 56.5 Å². The average molecular weight is 429 g/mol.